The van der Waals surface area contributed by atoms with Crippen molar-refractivity contribution in [3.05, 3.63) is 53.6 Å². The number of hydrogen-bond acceptors (Lipinski definition) is 3. The van der Waals surface area contributed by atoms with Crippen LogP contribution in [0, 0.1) is 11.3 Å². The average molecular weight is 276 g/mol. The molecule has 0 fully saturated rings. The molecule has 0 radical (unpaired) electrons. The molecule has 1 aromatic heterocycles. The third-order valence-corrected chi connectivity index (χ3v) is 3.63. The molecule has 1 heterocycles. The molecule has 0 unspecified atom stereocenters. The summed E-state index contributed by atoms with van der Waals surface area (Å²) >= 11 is 0. The summed E-state index contributed by atoms with van der Waals surface area (Å²) in [6, 6.07) is 15.8. The maximum Gasteiger partial charge on any atom is 0.205 e. The minimum Gasteiger partial charge on any atom is -0.369 e. The number of anilines is 1. The maximum absolute atomic E-state index is 9.05. The molecule has 0 atom stereocenters. The molecule has 2 aromatic carbocycles. The zero-order valence-corrected chi connectivity index (χ0v) is 12.0. The van der Waals surface area contributed by atoms with E-state index >= 15 is 0 Å². The molecular weight excluding hydrogens is 260 g/mol. The van der Waals surface area contributed by atoms with E-state index < -0.39 is 0 Å². The first-order valence-electron chi connectivity index (χ1n) is 6.88. The fourth-order valence-electron chi connectivity index (χ4n) is 2.44. The highest BCUT2D eigenvalue weighted by Crippen LogP contribution is 2.25. The highest BCUT2D eigenvalue weighted by atomic mass is 15.2. The van der Waals surface area contributed by atoms with Crippen molar-refractivity contribution in [2.24, 2.45) is 0 Å². The summed E-state index contributed by atoms with van der Waals surface area (Å²) in [5, 5.41) is 9.05. The molecule has 2 N–H and O–H groups in total. The third-order valence-electron chi connectivity index (χ3n) is 3.63. The minimum atomic E-state index is 0.428. The molecule has 0 saturated heterocycles. The van der Waals surface area contributed by atoms with Crippen molar-refractivity contribution in [3.8, 4) is 11.8 Å². The lowest BCUT2D eigenvalue weighted by molar-refractivity contribution is 0.865. The molecule has 0 aliphatic carbocycles. The average Bonchev–Trinajstić information content (AvgIpc) is 2.82. The SMILES string of the molecule is CC(C)c1ccc(-n2c(N)nc3ccc(C#N)cc32)cc1. The van der Waals surface area contributed by atoms with Crippen LogP contribution >= 0.6 is 0 Å². The second-order valence-electron chi connectivity index (χ2n) is 5.37. The highest BCUT2D eigenvalue weighted by molar-refractivity contribution is 5.82. The van der Waals surface area contributed by atoms with Gasteiger partial charge in [0.1, 0.15) is 0 Å². The summed E-state index contributed by atoms with van der Waals surface area (Å²) in [6.45, 7) is 4.32. The van der Waals surface area contributed by atoms with Crippen LogP contribution in [0.1, 0.15) is 30.9 Å². The van der Waals surface area contributed by atoms with E-state index in [4.69, 9.17) is 11.0 Å². The Bertz CT molecular complexity index is 836. The Labute approximate surface area is 123 Å². The first kappa shape index (κ1) is 13.2. The van der Waals surface area contributed by atoms with Crippen molar-refractivity contribution in [2.75, 3.05) is 5.73 Å². The second-order valence-corrected chi connectivity index (χ2v) is 5.37. The van der Waals surface area contributed by atoms with Crippen LogP contribution in [0.5, 0.6) is 0 Å². The minimum absolute atomic E-state index is 0.428. The standard InChI is InChI=1S/C17H16N4/c1-11(2)13-4-6-14(7-5-13)21-16-9-12(10-18)3-8-15(16)20-17(21)19/h3-9,11H,1-2H3,(H2,19,20). The Balaban J connectivity index is 2.19. The summed E-state index contributed by atoms with van der Waals surface area (Å²) in [6.07, 6.45) is 0. The number of fused-ring (bicyclic) bond motifs is 1. The van der Waals surface area contributed by atoms with Crippen LogP contribution in [-0.2, 0) is 0 Å². The predicted molar refractivity (Wildman–Crippen MR) is 84.3 cm³/mol. The predicted octanol–water partition coefficient (Wildman–Crippen LogP) is 3.60. The van der Waals surface area contributed by atoms with Gasteiger partial charge in [-0.1, -0.05) is 26.0 Å². The molecule has 0 spiro atoms. The Kier molecular flexibility index (Phi) is 3.11. The topological polar surface area (TPSA) is 67.6 Å². The first-order chi connectivity index (χ1) is 10.1. The van der Waals surface area contributed by atoms with Crippen molar-refractivity contribution in [3.63, 3.8) is 0 Å². The quantitative estimate of drug-likeness (QED) is 0.777. The molecule has 4 heteroatoms. The van der Waals surface area contributed by atoms with Crippen molar-refractivity contribution in [2.45, 2.75) is 19.8 Å². The van der Waals surface area contributed by atoms with Crippen LogP contribution in [0.3, 0.4) is 0 Å². The molecule has 104 valence electrons. The van der Waals surface area contributed by atoms with Gasteiger partial charge in [0.25, 0.3) is 0 Å². The summed E-state index contributed by atoms with van der Waals surface area (Å²) in [5.74, 6) is 0.915. The lowest BCUT2D eigenvalue weighted by Gasteiger charge is -2.09. The number of rotatable bonds is 2. The number of nitrogens with zero attached hydrogens (tertiary/aromatic N) is 3. The molecule has 0 aliphatic rings. The van der Waals surface area contributed by atoms with Crippen LogP contribution in [0.4, 0.5) is 5.95 Å². The lowest BCUT2D eigenvalue weighted by atomic mass is 10.0. The molecular formula is C17H16N4. The van der Waals surface area contributed by atoms with Gasteiger partial charge in [-0.25, -0.2) is 4.98 Å². The van der Waals surface area contributed by atoms with Crippen molar-refractivity contribution in [1.82, 2.24) is 9.55 Å². The largest absolute Gasteiger partial charge is 0.369 e. The van der Waals surface area contributed by atoms with E-state index in [1.54, 1.807) is 6.07 Å². The molecule has 0 saturated carbocycles. The van der Waals surface area contributed by atoms with Crippen molar-refractivity contribution in [1.29, 1.82) is 5.26 Å². The van der Waals surface area contributed by atoms with Gasteiger partial charge in [-0.2, -0.15) is 5.26 Å². The van der Waals surface area contributed by atoms with E-state index in [2.05, 4.69) is 37.0 Å². The van der Waals surface area contributed by atoms with Crippen molar-refractivity contribution >= 4 is 17.0 Å². The van der Waals surface area contributed by atoms with Crippen molar-refractivity contribution < 1.29 is 0 Å². The van der Waals surface area contributed by atoms with E-state index in [9.17, 15) is 0 Å². The number of imidazole rings is 1. The fourth-order valence-corrected chi connectivity index (χ4v) is 2.44. The number of aromatic nitrogens is 2. The maximum atomic E-state index is 9.05. The van der Waals surface area contributed by atoms with Gasteiger partial charge >= 0.3 is 0 Å². The van der Waals surface area contributed by atoms with Gasteiger partial charge in [0.2, 0.25) is 5.95 Å². The summed E-state index contributed by atoms with van der Waals surface area (Å²) < 4.78 is 1.88. The van der Waals surface area contributed by atoms with Crippen LogP contribution in [-0.4, -0.2) is 9.55 Å². The molecule has 0 aliphatic heterocycles. The van der Waals surface area contributed by atoms with Crippen LogP contribution in [0.2, 0.25) is 0 Å². The number of benzene rings is 2. The molecule has 0 bridgehead atoms. The first-order valence-corrected chi connectivity index (χ1v) is 6.88. The number of hydrogen-bond donors (Lipinski definition) is 1. The molecule has 3 aromatic rings. The second kappa shape index (κ2) is 4.95. The molecule has 0 amide bonds. The Morgan fingerprint density at radius 3 is 2.48 bits per heavy atom. The number of nitrogens with two attached hydrogens (primary N) is 1. The van der Waals surface area contributed by atoms with Gasteiger partial charge in [0.05, 0.1) is 22.7 Å². The number of nitrogen functional groups attached to an aromatic ring is 1. The summed E-state index contributed by atoms with van der Waals surface area (Å²) in [4.78, 5) is 4.35. The molecule has 21 heavy (non-hydrogen) atoms. The van der Waals surface area contributed by atoms with Gasteiger partial charge < -0.3 is 5.73 Å². The van der Waals surface area contributed by atoms with Gasteiger partial charge in [-0.15, -0.1) is 0 Å². The summed E-state index contributed by atoms with van der Waals surface area (Å²) in [5.41, 5.74) is 10.5. The van der Waals surface area contributed by atoms with E-state index in [1.165, 1.54) is 5.56 Å². The zero-order valence-electron chi connectivity index (χ0n) is 12.0. The van der Waals surface area contributed by atoms with Gasteiger partial charge in [-0.3, -0.25) is 4.57 Å². The third kappa shape index (κ3) is 2.23. The normalized spacial score (nSPS) is 11.0. The fraction of sp³-hybridized carbons (Fsp3) is 0.176. The molecule has 4 nitrogen and oxygen atoms in total. The summed E-state index contributed by atoms with van der Waals surface area (Å²) in [7, 11) is 0. The Hall–Kier alpha value is -2.80. The Morgan fingerprint density at radius 1 is 1.14 bits per heavy atom. The van der Waals surface area contributed by atoms with Crippen LogP contribution < -0.4 is 5.73 Å². The smallest absolute Gasteiger partial charge is 0.205 e. The van der Waals surface area contributed by atoms with E-state index in [0.717, 1.165) is 16.7 Å². The number of nitriles is 1. The zero-order chi connectivity index (χ0) is 15.0. The highest BCUT2D eigenvalue weighted by Gasteiger charge is 2.11. The van der Waals surface area contributed by atoms with Crippen LogP contribution in [0.25, 0.3) is 16.7 Å². The van der Waals surface area contributed by atoms with Crippen LogP contribution in [0.15, 0.2) is 42.5 Å². The lowest BCUT2D eigenvalue weighted by Crippen LogP contribution is -2.01. The Morgan fingerprint density at radius 2 is 1.86 bits per heavy atom. The molecule has 3 rings (SSSR count). The monoisotopic (exact) mass is 276 g/mol. The van der Waals surface area contributed by atoms with Gasteiger partial charge in [0, 0.05) is 5.69 Å². The van der Waals surface area contributed by atoms with Gasteiger partial charge in [-0.05, 0) is 41.8 Å². The van der Waals surface area contributed by atoms with E-state index in [-0.39, 0.29) is 0 Å². The van der Waals surface area contributed by atoms with E-state index in [1.807, 2.05) is 28.8 Å². The van der Waals surface area contributed by atoms with E-state index in [0.29, 0.717) is 17.4 Å². The van der Waals surface area contributed by atoms with Gasteiger partial charge in [0.15, 0.2) is 0 Å².